The van der Waals surface area contributed by atoms with E-state index in [-0.39, 0.29) is 0 Å². The molecule has 0 amide bonds. The Hall–Kier alpha value is -2.60. The highest BCUT2D eigenvalue weighted by Crippen LogP contribution is 2.30. The van der Waals surface area contributed by atoms with Gasteiger partial charge in [0.2, 0.25) is 0 Å². The summed E-state index contributed by atoms with van der Waals surface area (Å²) in [4.78, 5) is 1.98. The lowest BCUT2D eigenvalue weighted by atomic mass is 10.1. The summed E-state index contributed by atoms with van der Waals surface area (Å²) in [5.41, 5.74) is 3.91. The molecule has 1 aliphatic heterocycles. The van der Waals surface area contributed by atoms with Crippen molar-refractivity contribution in [3.05, 3.63) is 65.2 Å². The van der Waals surface area contributed by atoms with Gasteiger partial charge in [-0.2, -0.15) is 5.26 Å². The van der Waals surface area contributed by atoms with E-state index in [0.29, 0.717) is 24.4 Å². The lowest BCUT2D eigenvalue weighted by Gasteiger charge is -2.20. The maximum Gasteiger partial charge on any atom is 0.105 e. The third-order valence-electron chi connectivity index (χ3n) is 3.43. The summed E-state index contributed by atoms with van der Waals surface area (Å²) in [6, 6.07) is 17.9. The second-order valence-electron chi connectivity index (χ2n) is 4.61. The van der Waals surface area contributed by atoms with Crippen molar-refractivity contribution in [2.45, 2.75) is 13.0 Å². The van der Waals surface area contributed by atoms with E-state index in [4.69, 9.17) is 10.7 Å². The van der Waals surface area contributed by atoms with Gasteiger partial charge in [-0.3, -0.25) is 5.41 Å². The number of hydrogen-bond donors (Lipinski definition) is 1. The molecule has 0 atom stereocenters. The number of nitriles is 1. The molecule has 0 saturated carbocycles. The third kappa shape index (κ3) is 1.98. The van der Waals surface area contributed by atoms with Crippen molar-refractivity contribution in [1.29, 1.82) is 10.7 Å². The van der Waals surface area contributed by atoms with Crippen LogP contribution in [0, 0.1) is 16.7 Å². The van der Waals surface area contributed by atoms with Crippen LogP contribution < -0.4 is 4.90 Å². The van der Waals surface area contributed by atoms with Crippen LogP contribution in [0.1, 0.15) is 16.7 Å². The van der Waals surface area contributed by atoms with Gasteiger partial charge in [0.25, 0.3) is 0 Å². The van der Waals surface area contributed by atoms with Crippen molar-refractivity contribution in [3.8, 4) is 6.07 Å². The molecule has 1 aliphatic rings. The minimum atomic E-state index is 0.583. The SMILES string of the molecule is N#Cc1ccccc1CN1C(=N)Cc2ccccc21. The van der Waals surface area contributed by atoms with Crippen LogP contribution in [0.25, 0.3) is 0 Å². The summed E-state index contributed by atoms with van der Waals surface area (Å²) >= 11 is 0. The Labute approximate surface area is 112 Å². The van der Waals surface area contributed by atoms with Gasteiger partial charge in [0.05, 0.1) is 18.2 Å². The van der Waals surface area contributed by atoms with E-state index < -0.39 is 0 Å². The molecule has 1 heterocycles. The van der Waals surface area contributed by atoms with E-state index in [2.05, 4.69) is 12.1 Å². The van der Waals surface area contributed by atoms with Crippen LogP contribution in [-0.2, 0) is 13.0 Å². The molecular weight excluding hydrogens is 234 g/mol. The van der Waals surface area contributed by atoms with Crippen molar-refractivity contribution in [2.24, 2.45) is 0 Å². The topological polar surface area (TPSA) is 50.9 Å². The Morgan fingerprint density at radius 3 is 2.68 bits per heavy atom. The number of anilines is 1. The predicted octanol–water partition coefficient (Wildman–Crippen LogP) is 3.10. The van der Waals surface area contributed by atoms with Gasteiger partial charge in [-0.25, -0.2) is 0 Å². The Bertz CT molecular complexity index is 682. The summed E-state index contributed by atoms with van der Waals surface area (Å²) in [5, 5.41) is 17.2. The molecule has 3 rings (SSSR count). The third-order valence-corrected chi connectivity index (χ3v) is 3.43. The highest BCUT2D eigenvalue weighted by atomic mass is 15.2. The molecule has 0 radical (unpaired) electrons. The summed E-state index contributed by atoms with van der Waals surface area (Å²) < 4.78 is 0. The zero-order valence-corrected chi connectivity index (χ0v) is 10.4. The number of nitrogens with zero attached hydrogens (tertiary/aromatic N) is 2. The molecule has 0 aromatic heterocycles. The Kier molecular flexibility index (Phi) is 2.77. The molecule has 0 bridgehead atoms. The van der Waals surface area contributed by atoms with E-state index in [1.54, 1.807) is 0 Å². The molecule has 3 nitrogen and oxygen atoms in total. The largest absolute Gasteiger partial charge is 0.325 e. The summed E-state index contributed by atoms with van der Waals surface area (Å²) in [6.07, 6.45) is 0.672. The smallest absolute Gasteiger partial charge is 0.105 e. The molecule has 2 aromatic rings. The molecule has 92 valence electrons. The highest BCUT2D eigenvalue weighted by molar-refractivity contribution is 6.03. The van der Waals surface area contributed by atoms with Crippen LogP contribution in [0.2, 0.25) is 0 Å². The maximum absolute atomic E-state index is 9.13. The number of fused-ring (bicyclic) bond motifs is 1. The summed E-state index contributed by atoms with van der Waals surface area (Å²) in [5.74, 6) is 0.592. The molecular formula is C16H13N3. The molecule has 0 aliphatic carbocycles. The second-order valence-corrected chi connectivity index (χ2v) is 4.61. The summed E-state index contributed by atoms with van der Waals surface area (Å²) in [7, 11) is 0. The quantitative estimate of drug-likeness (QED) is 0.886. The molecule has 0 spiro atoms. The van der Waals surface area contributed by atoms with E-state index in [9.17, 15) is 0 Å². The Balaban J connectivity index is 1.96. The van der Waals surface area contributed by atoms with Crippen LogP contribution in [0.15, 0.2) is 48.5 Å². The number of hydrogen-bond acceptors (Lipinski definition) is 2. The predicted molar refractivity (Wildman–Crippen MR) is 75.2 cm³/mol. The fraction of sp³-hybridized carbons (Fsp3) is 0.125. The van der Waals surface area contributed by atoms with Crippen LogP contribution in [-0.4, -0.2) is 5.84 Å². The zero-order chi connectivity index (χ0) is 13.2. The van der Waals surface area contributed by atoms with Crippen molar-refractivity contribution >= 4 is 11.5 Å². The Morgan fingerprint density at radius 2 is 1.84 bits per heavy atom. The minimum absolute atomic E-state index is 0.583. The normalized spacial score (nSPS) is 13.2. The van der Waals surface area contributed by atoms with Crippen LogP contribution in [0.5, 0.6) is 0 Å². The van der Waals surface area contributed by atoms with Gasteiger partial charge in [0, 0.05) is 12.1 Å². The molecule has 19 heavy (non-hydrogen) atoms. The first-order chi connectivity index (χ1) is 9.29. The molecule has 0 unspecified atom stereocenters. The van der Waals surface area contributed by atoms with E-state index in [0.717, 1.165) is 11.3 Å². The lowest BCUT2D eigenvalue weighted by Crippen LogP contribution is -2.25. The highest BCUT2D eigenvalue weighted by Gasteiger charge is 2.24. The number of rotatable bonds is 2. The van der Waals surface area contributed by atoms with Gasteiger partial charge in [0.15, 0.2) is 0 Å². The first-order valence-corrected chi connectivity index (χ1v) is 6.20. The maximum atomic E-state index is 9.13. The molecule has 1 N–H and O–H groups in total. The van der Waals surface area contributed by atoms with E-state index >= 15 is 0 Å². The van der Waals surface area contributed by atoms with Crippen molar-refractivity contribution in [1.82, 2.24) is 0 Å². The van der Waals surface area contributed by atoms with E-state index in [1.807, 2.05) is 47.4 Å². The first-order valence-electron chi connectivity index (χ1n) is 6.20. The monoisotopic (exact) mass is 247 g/mol. The fourth-order valence-corrected chi connectivity index (χ4v) is 2.46. The molecule has 0 fully saturated rings. The average molecular weight is 247 g/mol. The molecule has 3 heteroatoms. The molecule has 0 saturated heterocycles. The van der Waals surface area contributed by atoms with Gasteiger partial charge < -0.3 is 4.90 Å². The average Bonchev–Trinajstić information content (AvgIpc) is 2.76. The van der Waals surface area contributed by atoms with Gasteiger partial charge in [0.1, 0.15) is 5.84 Å². The second kappa shape index (κ2) is 4.58. The van der Waals surface area contributed by atoms with Crippen molar-refractivity contribution in [2.75, 3.05) is 4.90 Å². The molecule has 2 aromatic carbocycles. The number of benzene rings is 2. The van der Waals surface area contributed by atoms with E-state index in [1.165, 1.54) is 5.56 Å². The lowest BCUT2D eigenvalue weighted by molar-refractivity contribution is 1.00. The van der Waals surface area contributed by atoms with Gasteiger partial charge in [-0.15, -0.1) is 0 Å². The summed E-state index contributed by atoms with van der Waals surface area (Å²) in [6.45, 7) is 0.583. The number of nitrogens with one attached hydrogen (secondary N) is 1. The minimum Gasteiger partial charge on any atom is -0.325 e. The van der Waals surface area contributed by atoms with Crippen LogP contribution in [0.4, 0.5) is 5.69 Å². The zero-order valence-electron chi connectivity index (χ0n) is 10.4. The van der Waals surface area contributed by atoms with Gasteiger partial charge in [-0.1, -0.05) is 36.4 Å². The number of amidine groups is 1. The van der Waals surface area contributed by atoms with Crippen molar-refractivity contribution in [3.63, 3.8) is 0 Å². The van der Waals surface area contributed by atoms with Crippen LogP contribution in [0.3, 0.4) is 0 Å². The number of para-hydroxylation sites is 1. The first kappa shape index (κ1) is 11.5. The van der Waals surface area contributed by atoms with Gasteiger partial charge in [-0.05, 0) is 23.3 Å². The standard InChI is InChI=1S/C16H13N3/c17-10-13-6-1-2-7-14(13)11-19-15-8-4-3-5-12(15)9-16(19)18/h1-8,18H,9,11H2. The fourth-order valence-electron chi connectivity index (χ4n) is 2.46. The van der Waals surface area contributed by atoms with Crippen molar-refractivity contribution < 1.29 is 0 Å². The Morgan fingerprint density at radius 1 is 1.11 bits per heavy atom. The van der Waals surface area contributed by atoms with Crippen LogP contribution >= 0.6 is 0 Å². The van der Waals surface area contributed by atoms with Gasteiger partial charge >= 0.3 is 0 Å².